The van der Waals surface area contributed by atoms with Crippen LogP contribution in [0.15, 0.2) is 30.3 Å². The van der Waals surface area contributed by atoms with E-state index in [2.05, 4.69) is 0 Å². The molecule has 0 unspecified atom stereocenters. The first-order valence-corrected chi connectivity index (χ1v) is 8.91. The molecule has 0 aliphatic rings. The average Bonchev–Trinajstić information content (AvgIpc) is 2.16. The van der Waals surface area contributed by atoms with Crippen molar-refractivity contribution in [3.05, 3.63) is 35.9 Å². The minimum absolute atomic E-state index is 0.117. The fourth-order valence-corrected chi connectivity index (χ4v) is 4.51. The first-order chi connectivity index (χ1) is 7.71. The number of rotatable bonds is 5. The Labute approximate surface area is 103 Å². The van der Waals surface area contributed by atoms with Crippen molar-refractivity contribution in [3.63, 3.8) is 0 Å². The Hall–Kier alpha value is -0.880. The van der Waals surface area contributed by atoms with E-state index in [1.807, 2.05) is 0 Å². The molecule has 0 saturated heterocycles. The van der Waals surface area contributed by atoms with Crippen LogP contribution in [0.1, 0.15) is 12.5 Å². The van der Waals surface area contributed by atoms with Crippen molar-refractivity contribution in [2.45, 2.75) is 17.9 Å². The predicted molar refractivity (Wildman–Crippen MR) is 68.2 cm³/mol. The van der Waals surface area contributed by atoms with Gasteiger partial charge in [0.1, 0.15) is 0 Å². The second-order valence-electron chi connectivity index (χ2n) is 4.18. The van der Waals surface area contributed by atoms with Crippen LogP contribution in [0.25, 0.3) is 0 Å². The topological polar surface area (TPSA) is 68.3 Å². The highest BCUT2D eigenvalue weighted by molar-refractivity contribution is 7.94. The third-order valence-corrected chi connectivity index (χ3v) is 6.07. The number of hydrogen-bond donors (Lipinski definition) is 0. The van der Waals surface area contributed by atoms with Gasteiger partial charge in [0, 0.05) is 6.26 Å². The largest absolute Gasteiger partial charge is 0.229 e. The van der Waals surface area contributed by atoms with E-state index < -0.39 is 24.9 Å². The van der Waals surface area contributed by atoms with Crippen molar-refractivity contribution in [1.29, 1.82) is 0 Å². The Morgan fingerprint density at radius 2 is 1.59 bits per heavy atom. The van der Waals surface area contributed by atoms with Crippen molar-refractivity contribution >= 4 is 19.7 Å². The number of hydrogen-bond acceptors (Lipinski definition) is 4. The summed E-state index contributed by atoms with van der Waals surface area (Å²) in [4.78, 5) is 0. The molecule has 6 heteroatoms. The van der Waals surface area contributed by atoms with Crippen molar-refractivity contribution in [1.82, 2.24) is 0 Å². The van der Waals surface area contributed by atoms with Crippen molar-refractivity contribution in [2.24, 2.45) is 0 Å². The lowest BCUT2D eigenvalue weighted by atomic mass is 10.2. The maximum Gasteiger partial charge on any atom is 0.155 e. The van der Waals surface area contributed by atoms with Crippen LogP contribution in [0.3, 0.4) is 0 Å². The van der Waals surface area contributed by atoms with Gasteiger partial charge >= 0.3 is 0 Å². The number of benzene rings is 1. The smallest absolute Gasteiger partial charge is 0.155 e. The molecule has 0 aliphatic heterocycles. The van der Waals surface area contributed by atoms with Crippen LogP contribution in [0.4, 0.5) is 0 Å². The first-order valence-electron chi connectivity index (χ1n) is 5.14. The molecule has 0 saturated carbocycles. The Balaban J connectivity index is 2.78. The average molecular weight is 276 g/mol. The molecule has 0 amide bonds. The van der Waals surface area contributed by atoms with E-state index in [0.29, 0.717) is 5.56 Å². The third-order valence-electron chi connectivity index (χ3n) is 2.45. The van der Waals surface area contributed by atoms with Crippen LogP contribution in [0, 0.1) is 0 Å². The molecule has 0 bridgehead atoms. The fourth-order valence-electron chi connectivity index (χ4n) is 1.37. The van der Waals surface area contributed by atoms with Crippen molar-refractivity contribution in [3.8, 4) is 0 Å². The maximum atomic E-state index is 11.8. The van der Waals surface area contributed by atoms with Crippen molar-refractivity contribution in [2.75, 3.05) is 12.0 Å². The molecule has 0 heterocycles. The Morgan fingerprint density at radius 1 is 1.06 bits per heavy atom. The highest BCUT2D eigenvalue weighted by Crippen LogP contribution is 2.10. The first kappa shape index (κ1) is 14.2. The van der Waals surface area contributed by atoms with Gasteiger partial charge in [-0.3, -0.25) is 0 Å². The molecule has 17 heavy (non-hydrogen) atoms. The van der Waals surface area contributed by atoms with Gasteiger partial charge in [0.15, 0.2) is 19.7 Å². The summed E-state index contributed by atoms with van der Waals surface area (Å²) in [6, 6.07) is 8.73. The molecule has 4 nitrogen and oxygen atoms in total. The minimum atomic E-state index is -3.40. The van der Waals surface area contributed by atoms with E-state index in [1.165, 1.54) is 6.92 Å². The molecule has 1 aromatic carbocycles. The van der Waals surface area contributed by atoms with Crippen LogP contribution >= 0.6 is 0 Å². The van der Waals surface area contributed by atoms with E-state index in [-0.39, 0.29) is 11.5 Å². The van der Waals surface area contributed by atoms with Crippen LogP contribution in [-0.4, -0.2) is 34.1 Å². The highest BCUT2D eigenvalue weighted by atomic mass is 32.2. The Kier molecular flexibility index (Phi) is 4.32. The lowest BCUT2D eigenvalue weighted by Gasteiger charge is -2.10. The summed E-state index contributed by atoms with van der Waals surface area (Å²) in [6.07, 6.45) is 1.05. The predicted octanol–water partition coefficient (Wildman–Crippen LogP) is 1.03. The van der Waals surface area contributed by atoms with Crippen LogP contribution in [-0.2, 0) is 25.4 Å². The van der Waals surface area contributed by atoms with Gasteiger partial charge in [-0.25, -0.2) is 16.8 Å². The summed E-state index contributed by atoms with van der Waals surface area (Å²) in [5.41, 5.74) is 0.674. The van der Waals surface area contributed by atoms with Gasteiger partial charge in [0.25, 0.3) is 0 Å². The summed E-state index contributed by atoms with van der Waals surface area (Å²) in [5.74, 6) is -0.450. The quantitative estimate of drug-likeness (QED) is 0.805. The molecule has 0 spiro atoms. The molecule has 0 radical (unpaired) electrons. The van der Waals surface area contributed by atoms with E-state index in [4.69, 9.17) is 0 Å². The molecular weight excluding hydrogens is 260 g/mol. The molecular formula is C11H16O4S2. The van der Waals surface area contributed by atoms with Gasteiger partial charge in [-0.05, 0) is 12.5 Å². The lowest BCUT2D eigenvalue weighted by Crippen LogP contribution is -2.26. The van der Waals surface area contributed by atoms with Crippen LogP contribution in [0.5, 0.6) is 0 Å². The van der Waals surface area contributed by atoms with Gasteiger partial charge in [-0.1, -0.05) is 30.3 Å². The molecule has 0 aromatic heterocycles. The second kappa shape index (κ2) is 5.18. The Bertz CT molecular complexity index is 559. The van der Waals surface area contributed by atoms with Gasteiger partial charge < -0.3 is 0 Å². The van der Waals surface area contributed by atoms with E-state index in [1.54, 1.807) is 30.3 Å². The molecule has 0 N–H and O–H groups in total. The molecule has 1 aromatic rings. The normalized spacial score (nSPS) is 14.5. The zero-order valence-electron chi connectivity index (χ0n) is 9.83. The molecule has 0 aliphatic carbocycles. The monoisotopic (exact) mass is 276 g/mol. The van der Waals surface area contributed by atoms with Gasteiger partial charge in [-0.15, -0.1) is 0 Å². The number of sulfone groups is 2. The van der Waals surface area contributed by atoms with Gasteiger partial charge in [-0.2, -0.15) is 0 Å². The molecule has 96 valence electrons. The van der Waals surface area contributed by atoms with Crippen molar-refractivity contribution < 1.29 is 16.8 Å². The van der Waals surface area contributed by atoms with Gasteiger partial charge in [0.05, 0.1) is 16.8 Å². The molecule has 1 atom stereocenters. The van der Waals surface area contributed by atoms with E-state index in [9.17, 15) is 16.8 Å². The maximum absolute atomic E-state index is 11.8. The molecule has 1 rings (SSSR count). The van der Waals surface area contributed by atoms with E-state index >= 15 is 0 Å². The second-order valence-corrected chi connectivity index (χ2v) is 8.75. The lowest BCUT2D eigenvalue weighted by molar-refractivity contribution is 0.580. The Morgan fingerprint density at radius 3 is 2.06 bits per heavy atom. The standard InChI is InChI=1S/C11H16O4S2/c1-10(16(2,12)13)8-17(14,15)9-11-6-4-3-5-7-11/h3-7,10H,8-9H2,1-2H3/t10-/m1/s1. The summed E-state index contributed by atoms with van der Waals surface area (Å²) < 4.78 is 46.0. The fraction of sp³-hybridized carbons (Fsp3) is 0.455. The van der Waals surface area contributed by atoms with Crippen LogP contribution < -0.4 is 0 Å². The zero-order valence-corrected chi connectivity index (χ0v) is 11.5. The summed E-state index contributed by atoms with van der Waals surface area (Å²) >= 11 is 0. The SMILES string of the molecule is C[C@H](CS(=O)(=O)Cc1ccccc1)S(C)(=O)=O. The molecule has 0 fully saturated rings. The summed E-state index contributed by atoms with van der Waals surface area (Å²) in [6.45, 7) is 1.41. The van der Waals surface area contributed by atoms with Crippen LogP contribution in [0.2, 0.25) is 0 Å². The zero-order chi connectivity index (χ0) is 13.1. The third kappa shape index (κ3) is 4.87. The summed E-state index contributed by atoms with van der Waals surface area (Å²) in [7, 11) is -6.70. The van der Waals surface area contributed by atoms with Gasteiger partial charge in [0.2, 0.25) is 0 Å². The highest BCUT2D eigenvalue weighted by Gasteiger charge is 2.23. The minimum Gasteiger partial charge on any atom is -0.229 e. The summed E-state index contributed by atoms with van der Waals surface area (Å²) in [5, 5.41) is -0.865. The van der Waals surface area contributed by atoms with E-state index in [0.717, 1.165) is 6.26 Å².